The Labute approximate surface area is 56.4 Å². The lowest BCUT2D eigenvalue weighted by Crippen LogP contribution is -1.89. The van der Waals surface area contributed by atoms with E-state index in [4.69, 9.17) is 9.90 Å². The predicted octanol–water partition coefficient (Wildman–Crippen LogP) is -0.185. The average Bonchev–Trinajstić information content (AvgIpc) is 1.94. The molecule has 0 radical (unpaired) electrons. The van der Waals surface area contributed by atoms with Crippen molar-refractivity contribution in [1.29, 1.82) is 0 Å². The van der Waals surface area contributed by atoms with E-state index in [1.165, 1.54) is 6.08 Å². The van der Waals surface area contributed by atoms with Gasteiger partial charge in [-0.15, -0.1) is 6.58 Å². The Hall–Kier alpha value is -0.670. The SMILES string of the molecule is C=CCO.C=O.CNC. The molecule has 0 aliphatic carbocycles. The molecule has 0 rings (SSSR count). The van der Waals surface area contributed by atoms with Gasteiger partial charge in [0.15, 0.2) is 0 Å². The smallest absolute Gasteiger partial charge is 0.106 e. The Balaban J connectivity index is -0.0000000646. The molecule has 0 aromatic rings. The topological polar surface area (TPSA) is 49.3 Å². The molecule has 0 aromatic carbocycles. The maximum atomic E-state index is 8.00. The minimum absolute atomic E-state index is 0.0833. The molecule has 0 saturated carbocycles. The fourth-order valence-corrected chi connectivity index (χ4v) is 0. The summed E-state index contributed by atoms with van der Waals surface area (Å²) in [5.41, 5.74) is 0. The summed E-state index contributed by atoms with van der Waals surface area (Å²) in [6, 6.07) is 0. The van der Waals surface area contributed by atoms with Crippen molar-refractivity contribution in [2.75, 3.05) is 20.7 Å². The molecule has 2 N–H and O–H groups in total. The zero-order valence-electron chi connectivity index (χ0n) is 6.05. The van der Waals surface area contributed by atoms with E-state index >= 15 is 0 Å². The maximum Gasteiger partial charge on any atom is 0.106 e. The van der Waals surface area contributed by atoms with E-state index in [1.807, 2.05) is 20.9 Å². The molecular weight excluding hydrogens is 118 g/mol. The van der Waals surface area contributed by atoms with E-state index in [9.17, 15) is 0 Å². The molecule has 0 heterocycles. The van der Waals surface area contributed by atoms with Gasteiger partial charge in [-0.2, -0.15) is 0 Å². The van der Waals surface area contributed by atoms with Gasteiger partial charge in [0.05, 0.1) is 6.61 Å². The zero-order valence-corrected chi connectivity index (χ0v) is 6.05. The molecule has 0 fully saturated rings. The summed E-state index contributed by atoms with van der Waals surface area (Å²) in [6.07, 6.45) is 1.43. The Morgan fingerprint density at radius 3 is 1.67 bits per heavy atom. The van der Waals surface area contributed by atoms with E-state index in [-0.39, 0.29) is 6.61 Å². The van der Waals surface area contributed by atoms with Gasteiger partial charge >= 0.3 is 0 Å². The molecule has 3 nitrogen and oxygen atoms in total. The number of rotatable bonds is 1. The first-order chi connectivity index (χ1) is 4.33. The second-order valence-electron chi connectivity index (χ2n) is 0.971. The molecule has 0 unspecified atom stereocenters. The van der Waals surface area contributed by atoms with E-state index in [0.29, 0.717) is 0 Å². The second-order valence-corrected chi connectivity index (χ2v) is 0.971. The molecule has 0 saturated heterocycles. The minimum Gasteiger partial charge on any atom is -0.392 e. The summed E-state index contributed by atoms with van der Waals surface area (Å²) in [5, 5.41) is 10.5. The Kier molecular flexibility index (Phi) is 94.7. The fourth-order valence-electron chi connectivity index (χ4n) is 0. The molecular formula is C6H15NO2. The summed E-state index contributed by atoms with van der Waals surface area (Å²) in [7, 11) is 3.75. The van der Waals surface area contributed by atoms with Crippen LogP contribution in [0.2, 0.25) is 0 Å². The third-order valence-electron chi connectivity index (χ3n) is 0.129. The number of hydrogen-bond acceptors (Lipinski definition) is 3. The van der Waals surface area contributed by atoms with Crippen molar-refractivity contribution < 1.29 is 9.90 Å². The van der Waals surface area contributed by atoms with Crippen molar-refractivity contribution in [1.82, 2.24) is 5.32 Å². The summed E-state index contributed by atoms with van der Waals surface area (Å²) >= 11 is 0. The first-order valence-electron chi connectivity index (χ1n) is 2.42. The van der Waals surface area contributed by atoms with Crippen molar-refractivity contribution in [2.45, 2.75) is 0 Å². The van der Waals surface area contributed by atoms with Gasteiger partial charge in [-0.25, -0.2) is 0 Å². The van der Waals surface area contributed by atoms with Gasteiger partial charge in [0.2, 0.25) is 0 Å². The predicted molar refractivity (Wildman–Crippen MR) is 39.4 cm³/mol. The van der Waals surface area contributed by atoms with Crippen LogP contribution in [0.5, 0.6) is 0 Å². The number of aliphatic hydroxyl groups excluding tert-OH is 1. The lowest BCUT2D eigenvalue weighted by Gasteiger charge is -1.60. The normalized spacial score (nSPS) is 5.22. The lowest BCUT2D eigenvalue weighted by molar-refractivity contribution is -0.0979. The summed E-state index contributed by atoms with van der Waals surface area (Å²) in [5.74, 6) is 0. The standard InChI is InChI=1S/C3H6O.C2H7N.CH2O/c1-2-3-4;1-3-2;1-2/h2,4H,1,3H2;3H,1-2H3;1H2. The lowest BCUT2D eigenvalue weighted by atomic mass is 10.7. The van der Waals surface area contributed by atoms with Crippen LogP contribution in [0.15, 0.2) is 12.7 Å². The minimum atomic E-state index is 0.0833. The monoisotopic (exact) mass is 133 g/mol. The van der Waals surface area contributed by atoms with Crippen LogP contribution in [0.3, 0.4) is 0 Å². The van der Waals surface area contributed by atoms with Crippen LogP contribution in [0.4, 0.5) is 0 Å². The number of hydrogen-bond donors (Lipinski definition) is 2. The molecule has 0 spiro atoms. The molecule has 0 bridgehead atoms. The number of nitrogens with one attached hydrogen (secondary N) is 1. The van der Waals surface area contributed by atoms with Gasteiger partial charge in [-0.1, -0.05) is 6.08 Å². The van der Waals surface area contributed by atoms with Gasteiger partial charge in [0.25, 0.3) is 0 Å². The van der Waals surface area contributed by atoms with Crippen LogP contribution in [0.25, 0.3) is 0 Å². The fraction of sp³-hybridized carbons (Fsp3) is 0.500. The van der Waals surface area contributed by atoms with Crippen LogP contribution in [-0.2, 0) is 4.79 Å². The van der Waals surface area contributed by atoms with E-state index in [1.54, 1.807) is 0 Å². The molecule has 9 heavy (non-hydrogen) atoms. The first-order valence-corrected chi connectivity index (χ1v) is 2.42. The molecule has 0 atom stereocenters. The third kappa shape index (κ3) is 1910. The van der Waals surface area contributed by atoms with Crippen LogP contribution < -0.4 is 5.32 Å². The molecule has 0 aliphatic heterocycles. The Bertz CT molecular complexity index is 40.0. The summed E-state index contributed by atoms with van der Waals surface area (Å²) < 4.78 is 0. The third-order valence-corrected chi connectivity index (χ3v) is 0.129. The van der Waals surface area contributed by atoms with Crippen molar-refractivity contribution in [3.8, 4) is 0 Å². The van der Waals surface area contributed by atoms with Crippen LogP contribution in [0, 0.1) is 0 Å². The Morgan fingerprint density at radius 1 is 1.56 bits per heavy atom. The highest BCUT2D eigenvalue weighted by Crippen LogP contribution is 1.46. The van der Waals surface area contributed by atoms with Gasteiger partial charge in [0, 0.05) is 0 Å². The molecule has 56 valence electrons. The quantitative estimate of drug-likeness (QED) is 0.488. The first kappa shape index (κ1) is 15.8. The molecule has 3 heteroatoms. The highest BCUT2D eigenvalue weighted by atomic mass is 16.2. The summed E-state index contributed by atoms with van der Waals surface area (Å²) in [6.45, 7) is 5.31. The molecule has 0 aliphatic rings. The van der Waals surface area contributed by atoms with E-state index in [2.05, 4.69) is 11.9 Å². The number of carbonyl (C=O) groups is 1. The average molecular weight is 133 g/mol. The van der Waals surface area contributed by atoms with Crippen molar-refractivity contribution >= 4 is 6.79 Å². The van der Waals surface area contributed by atoms with Gasteiger partial charge in [-0.05, 0) is 14.1 Å². The van der Waals surface area contributed by atoms with Gasteiger partial charge < -0.3 is 15.2 Å². The summed E-state index contributed by atoms with van der Waals surface area (Å²) in [4.78, 5) is 8.00. The van der Waals surface area contributed by atoms with Gasteiger partial charge in [0.1, 0.15) is 6.79 Å². The van der Waals surface area contributed by atoms with Crippen LogP contribution in [0.1, 0.15) is 0 Å². The van der Waals surface area contributed by atoms with Gasteiger partial charge in [-0.3, -0.25) is 0 Å². The van der Waals surface area contributed by atoms with E-state index < -0.39 is 0 Å². The van der Waals surface area contributed by atoms with Crippen molar-refractivity contribution in [3.63, 3.8) is 0 Å². The number of carbonyl (C=O) groups excluding carboxylic acids is 1. The highest BCUT2D eigenvalue weighted by molar-refractivity contribution is 5.10. The van der Waals surface area contributed by atoms with Crippen molar-refractivity contribution in [2.24, 2.45) is 0 Å². The number of aliphatic hydroxyl groups is 1. The largest absolute Gasteiger partial charge is 0.392 e. The molecule has 0 aromatic heterocycles. The zero-order chi connectivity index (χ0) is 8.12. The molecule has 0 amide bonds. The van der Waals surface area contributed by atoms with E-state index in [0.717, 1.165) is 0 Å². The Morgan fingerprint density at radius 2 is 1.67 bits per heavy atom. The highest BCUT2D eigenvalue weighted by Gasteiger charge is 1.45. The van der Waals surface area contributed by atoms with Crippen LogP contribution >= 0.6 is 0 Å². The second kappa shape index (κ2) is 54.1. The maximum absolute atomic E-state index is 8.00. The van der Waals surface area contributed by atoms with Crippen molar-refractivity contribution in [3.05, 3.63) is 12.7 Å². The van der Waals surface area contributed by atoms with Crippen LogP contribution in [-0.4, -0.2) is 32.6 Å².